The number of benzene rings is 2. The van der Waals surface area contributed by atoms with E-state index in [0.29, 0.717) is 34.2 Å². The van der Waals surface area contributed by atoms with Crippen LogP contribution < -0.4 is 10.9 Å². The third-order valence-electron chi connectivity index (χ3n) is 3.85. The number of amides is 1. The summed E-state index contributed by atoms with van der Waals surface area (Å²) in [5.74, 6) is 0.314. The first-order valence-electron chi connectivity index (χ1n) is 8.62. The summed E-state index contributed by atoms with van der Waals surface area (Å²) < 4.78 is 2.49. The van der Waals surface area contributed by atoms with E-state index in [1.54, 1.807) is 10.6 Å². The number of hydrogen-bond donors (Lipinski definition) is 1. The van der Waals surface area contributed by atoms with Gasteiger partial charge < -0.3 is 5.32 Å². The SMILES string of the molecule is CC(C)Cn1c(SCC(=O)Nc2ccccc2Br)nc2ccccc2c1=O. The van der Waals surface area contributed by atoms with Gasteiger partial charge in [0.15, 0.2) is 5.16 Å². The minimum atomic E-state index is -0.148. The second-order valence-electron chi connectivity index (χ2n) is 6.54. The van der Waals surface area contributed by atoms with Crippen LogP contribution in [0.1, 0.15) is 13.8 Å². The predicted molar refractivity (Wildman–Crippen MR) is 114 cm³/mol. The van der Waals surface area contributed by atoms with E-state index in [-0.39, 0.29) is 17.2 Å². The number of aromatic nitrogens is 2. The molecular formula is C20H20BrN3O2S. The van der Waals surface area contributed by atoms with Crippen molar-refractivity contribution in [3.8, 4) is 0 Å². The van der Waals surface area contributed by atoms with E-state index in [0.717, 1.165) is 4.47 Å². The van der Waals surface area contributed by atoms with Crippen molar-refractivity contribution in [3.05, 3.63) is 63.4 Å². The Morgan fingerprint density at radius 2 is 1.89 bits per heavy atom. The molecule has 0 unspecified atom stereocenters. The number of para-hydroxylation sites is 2. The van der Waals surface area contributed by atoms with Gasteiger partial charge in [0, 0.05) is 11.0 Å². The molecule has 0 spiro atoms. The van der Waals surface area contributed by atoms with Crippen molar-refractivity contribution in [2.24, 2.45) is 5.92 Å². The summed E-state index contributed by atoms with van der Waals surface area (Å²) in [6.45, 7) is 4.66. The normalized spacial score (nSPS) is 11.1. The van der Waals surface area contributed by atoms with Crippen LogP contribution in [0.2, 0.25) is 0 Å². The molecule has 140 valence electrons. The van der Waals surface area contributed by atoms with Gasteiger partial charge in [-0.05, 0) is 46.1 Å². The number of thioether (sulfide) groups is 1. The second kappa shape index (κ2) is 8.71. The molecule has 1 aromatic heterocycles. The Balaban J connectivity index is 1.84. The van der Waals surface area contributed by atoms with Crippen LogP contribution in [-0.2, 0) is 11.3 Å². The lowest BCUT2D eigenvalue weighted by Crippen LogP contribution is -2.26. The smallest absolute Gasteiger partial charge is 0.262 e. The zero-order valence-corrected chi connectivity index (χ0v) is 17.5. The lowest BCUT2D eigenvalue weighted by atomic mass is 10.2. The van der Waals surface area contributed by atoms with Crippen LogP contribution in [0.3, 0.4) is 0 Å². The molecule has 3 rings (SSSR count). The second-order valence-corrected chi connectivity index (χ2v) is 8.33. The van der Waals surface area contributed by atoms with Gasteiger partial charge in [0.2, 0.25) is 5.91 Å². The van der Waals surface area contributed by atoms with Gasteiger partial charge >= 0.3 is 0 Å². The molecule has 0 fully saturated rings. The van der Waals surface area contributed by atoms with Gasteiger partial charge in [0.1, 0.15) is 0 Å². The fourth-order valence-corrected chi connectivity index (χ4v) is 3.86. The Labute approximate surface area is 170 Å². The van der Waals surface area contributed by atoms with Crippen LogP contribution >= 0.6 is 27.7 Å². The zero-order valence-electron chi connectivity index (χ0n) is 15.1. The van der Waals surface area contributed by atoms with Crippen LogP contribution in [0.5, 0.6) is 0 Å². The van der Waals surface area contributed by atoms with Crippen molar-refractivity contribution in [1.82, 2.24) is 9.55 Å². The van der Waals surface area contributed by atoms with Crippen molar-refractivity contribution in [2.75, 3.05) is 11.1 Å². The summed E-state index contributed by atoms with van der Waals surface area (Å²) in [7, 11) is 0. The van der Waals surface area contributed by atoms with Crippen molar-refractivity contribution in [2.45, 2.75) is 25.5 Å². The van der Waals surface area contributed by atoms with E-state index in [2.05, 4.69) is 40.1 Å². The number of fused-ring (bicyclic) bond motifs is 1. The molecule has 5 nitrogen and oxygen atoms in total. The maximum Gasteiger partial charge on any atom is 0.262 e. The van der Waals surface area contributed by atoms with Crippen molar-refractivity contribution >= 4 is 50.2 Å². The molecule has 0 aliphatic rings. The summed E-state index contributed by atoms with van der Waals surface area (Å²) in [5, 5.41) is 4.03. The standard InChI is InChI=1S/C20H20BrN3O2S/c1-13(2)11-24-19(26)14-7-3-5-9-16(14)23-20(24)27-12-18(25)22-17-10-6-4-8-15(17)21/h3-10,13H,11-12H2,1-2H3,(H,22,25). The summed E-state index contributed by atoms with van der Waals surface area (Å²) in [4.78, 5) is 29.8. The maximum absolute atomic E-state index is 12.9. The quantitative estimate of drug-likeness (QED) is 0.446. The molecule has 0 aliphatic heterocycles. The Morgan fingerprint density at radius 1 is 1.19 bits per heavy atom. The Kier molecular flexibility index (Phi) is 6.34. The van der Waals surface area contributed by atoms with Gasteiger partial charge in [-0.3, -0.25) is 14.2 Å². The average Bonchev–Trinajstić information content (AvgIpc) is 2.64. The minimum Gasteiger partial charge on any atom is -0.324 e. The molecule has 0 aliphatic carbocycles. The first-order valence-corrected chi connectivity index (χ1v) is 10.4. The van der Waals surface area contributed by atoms with Gasteiger partial charge in [0.05, 0.1) is 22.3 Å². The average molecular weight is 446 g/mol. The number of nitrogens with zero attached hydrogens (tertiary/aromatic N) is 2. The van der Waals surface area contributed by atoms with Gasteiger partial charge in [-0.15, -0.1) is 0 Å². The van der Waals surface area contributed by atoms with Gasteiger partial charge in [-0.2, -0.15) is 0 Å². The van der Waals surface area contributed by atoms with Crippen molar-refractivity contribution in [3.63, 3.8) is 0 Å². The first-order chi connectivity index (χ1) is 13.0. The van der Waals surface area contributed by atoms with Gasteiger partial charge in [0.25, 0.3) is 5.56 Å². The largest absolute Gasteiger partial charge is 0.324 e. The number of rotatable bonds is 6. The van der Waals surface area contributed by atoms with Crippen LogP contribution in [0, 0.1) is 5.92 Å². The fourth-order valence-electron chi connectivity index (χ4n) is 2.66. The minimum absolute atomic E-state index is 0.0667. The molecule has 1 amide bonds. The van der Waals surface area contributed by atoms with E-state index >= 15 is 0 Å². The molecule has 27 heavy (non-hydrogen) atoms. The van der Waals surface area contributed by atoms with E-state index in [1.165, 1.54) is 11.8 Å². The summed E-state index contributed by atoms with van der Waals surface area (Å²) >= 11 is 4.69. The highest BCUT2D eigenvalue weighted by Gasteiger charge is 2.14. The van der Waals surface area contributed by atoms with Gasteiger partial charge in [-0.1, -0.05) is 49.9 Å². The molecule has 0 atom stereocenters. The molecular weight excluding hydrogens is 426 g/mol. The number of hydrogen-bond acceptors (Lipinski definition) is 4. The lowest BCUT2D eigenvalue weighted by molar-refractivity contribution is -0.113. The summed E-state index contributed by atoms with van der Waals surface area (Å²) in [6, 6.07) is 14.7. The zero-order chi connectivity index (χ0) is 19.4. The Hall–Kier alpha value is -2.12. The highest BCUT2D eigenvalue weighted by Crippen LogP contribution is 2.23. The molecule has 1 N–H and O–H groups in total. The predicted octanol–water partition coefficient (Wildman–Crippen LogP) is 4.55. The first kappa shape index (κ1) is 19.6. The number of carbonyl (C=O) groups excluding carboxylic acids is 1. The number of carbonyl (C=O) groups is 1. The molecule has 0 saturated carbocycles. The maximum atomic E-state index is 12.9. The lowest BCUT2D eigenvalue weighted by Gasteiger charge is -2.15. The van der Waals surface area contributed by atoms with E-state index in [9.17, 15) is 9.59 Å². The van der Waals surface area contributed by atoms with Crippen LogP contribution in [0.4, 0.5) is 5.69 Å². The van der Waals surface area contributed by atoms with Gasteiger partial charge in [-0.25, -0.2) is 4.98 Å². The summed E-state index contributed by atoms with van der Waals surface area (Å²) in [6.07, 6.45) is 0. The highest BCUT2D eigenvalue weighted by atomic mass is 79.9. The Morgan fingerprint density at radius 3 is 2.63 bits per heavy atom. The fraction of sp³-hybridized carbons (Fsp3) is 0.250. The number of halogens is 1. The highest BCUT2D eigenvalue weighted by molar-refractivity contribution is 9.10. The molecule has 0 saturated heterocycles. The molecule has 0 radical (unpaired) electrons. The molecule has 1 heterocycles. The summed E-state index contributed by atoms with van der Waals surface area (Å²) in [5.41, 5.74) is 1.30. The van der Waals surface area contributed by atoms with Crippen LogP contribution in [-0.4, -0.2) is 21.2 Å². The molecule has 2 aromatic carbocycles. The van der Waals surface area contributed by atoms with E-state index < -0.39 is 0 Å². The number of nitrogens with one attached hydrogen (secondary N) is 1. The van der Waals surface area contributed by atoms with E-state index in [1.807, 2.05) is 42.5 Å². The Bertz CT molecular complexity index is 1030. The van der Waals surface area contributed by atoms with Crippen LogP contribution in [0.15, 0.2) is 63.0 Å². The monoisotopic (exact) mass is 445 g/mol. The van der Waals surface area contributed by atoms with E-state index in [4.69, 9.17) is 0 Å². The molecule has 7 heteroatoms. The third kappa shape index (κ3) is 4.78. The number of anilines is 1. The van der Waals surface area contributed by atoms with Crippen molar-refractivity contribution < 1.29 is 4.79 Å². The topological polar surface area (TPSA) is 64.0 Å². The third-order valence-corrected chi connectivity index (χ3v) is 5.52. The van der Waals surface area contributed by atoms with Crippen molar-refractivity contribution in [1.29, 1.82) is 0 Å². The molecule has 3 aromatic rings. The van der Waals surface area contributed by atoms with Crippen LogP contribution in [0.25, 0.3) is 10.9 Å². The molecule has 0 bridgehead atoms.